The molecule has 0 N–H and O–H groups in total. The molecule has 0 atom stereocenters. The molecule has 1 aromatic rings. The lowest BCUT2D eigenvalue weighted by atomic mass is 10.3. The van der Waals surface area contributed by atoms with Gasteiger partial charge < -0.3 is 4.74 Å². The van der Waals surface area contributed by atoms with Crippen molar-refractivity contribution in [3.05, 3.63) is 27.8 Å². The topological polar surface area (TPSA) is 33.0 Å². The molecule has 0 saturated heterocycles. The molecule has 0 spiro atoms. The van der Waals surface area contributed by atoms with Crippen molar-refractivity contribution in [2.45, 2.75) is 0 Å². The smallest absolute Gasteiger partial charge is 0.174 e. The Labute approximate surface area is 78.9 Å². The first-order valence-corrected chi connectivity index (χ1v) is 4.17. The van der Waals surface area contributed by atoms with E-state index in [4.69, 9.17) is 10.00 Å². The molecule has 2 nitrogen and oxygen atoms in total. The van der Waals surface area contributed by atoms with Crippen molar-refractivity contribution >= 4 is 22.6 Å². The van der Waals surface area contributed by atoms with Gasteiger partial charge in [0.1, 0.15) is 11.8 Å². The van der Waals surface area contributed by atoms with Crippen molar-refractivity contribution in [1.29, 1.82) is 5.26 Å². The fourth-order valence-corrected chi connectivity index (χ4v) is 1.21. The molecule has 0 radical (unpaired) electrons. The van der Waals surface area contributed by atoms with Gasteiger partial charge in [-0.3, -0.25) is 0 Å². The monoisotopic (exact) mass is 259 g/mol. The number of ether oxygens (including phenoxy) is 1. The van der Waals surface area contributed by atoms with Crippen LogP contribution in [-0.4, -0.2) is 6.61 Å². The highest BCUT2D eigenvalue weighted by Crippen LogP contribution is 2.18. The molecule has 11 heavy (non-hydrogen) atoms. The van der Waals surface area contributed by atoms with Crippen LogP contribution in [0.2, 0.25) is 0 Å². The number of nitrogens with zero attached hydrogens (tertiary/aromatic N) is 1. The molecule has 1 rings (SSSR count). The van der Waals surface area contributed by atoms with Crippen LogP contribution in [0, 0.1) is 14.9 Å². The first-order chi connectivity index (χ1) is 5.34. The number of para-hydroxylation sites is 1. The average molecular weight is 259 g/mol. The van der Waals surface area contributed by atoms with Gasteiger partial charge in [-0.1, -0.05) is 12.1 Å². The Morgan fingerprint density at radius 1 is 1.45 bits per heavy atom. The Hall–Kier alpha value is -0.760. The third-order valence-corrected chi connectivity index (χ3v) is 2.02. The van der Waals surface area contributed by atoms with Gasteiger partial charge >= 0.3 is 0 Å². The number of benzene rings is 1. The van der Waals surface area contributed by atoms with E-state index in [1.807, 2.05) is 30.3 Å². The van der Waals surface area contributed by atoms with Gasteiger partial charge in [-0.2, -0.15) is 5.26 Å². The molecular formula is C8H6INO. The molecule has 0 aliphatic rings. The minimum absolute atomic E-state index is 0.111. The van der Waals surface area contributed by atoms with E-state index in [9.17, 15) is 0 Å². The first kappa shape index (κ1) is 8.34. The number of rotatable bonds is 2. The van der Waals surface area contributed by atoms with E-state index in [2.05, 4.69) is 22.6 Å². The third-order valence-electron chi connectivity index (χ3n) is 1.13. The lowest BCUT2D eigenvalue weighted by molar-refractivity contribution is 0.365. The summed E-state index contributed by atoms with van der Waals surface area (Å²) in [6, 6.07) is 9.52. The lowest BCUT2D eigenvalue weighted by Crippen LogP contribution is -1.94. The van der Waals surface area contributed by atoms with Crippen molar-refractivity contribution in [2.75, 3.05) is 6.61 Å². The minimum Gasteiger partial charge on any atom is -0.478 e. The van der Waals surface area contributed by atoms with Crippen LogP contribution in [0.15, 0.2) is 24.3 Å². The second kappa shape index (κ2) is 4.19. The Morgan fingerprint density at radius 2 is 2.18 bits per heavy atom. The van der Waals surface area contributed by atoms with Crippen molar-refractivity contribution < 1.29 is 4.74 Å². The van der Waals surface area contributed by atoms with Crippen molar-refractivity contribution in [3.8, 4) is 11.8 Å². The van der Waals surface area contributed by atoms with Gasteiger partial charge in [0.05, 0.1) is 3.57 Å². The number of hydrogen-bond acceptors (Lipinski definition) is 2. The zero-order valence-electron chi connectivity index (χ0n) is 5.75. The van der Waals surface area contributed by atoms with E-state index in [1.54, 1.807) is 0 Å². The SMILES string of the molecule is N#CCOc1ccccc1I. The Morgan fingerprint density at radius 3 is 2.82 bits per heavy atom. The molecule has 3 heteroatoms. The van der Waals surface area contributed by atoms with Crippen LogP contribution in [0.4, 0.5) is 0 Å². The van der Waals surface area contributed by atoms with E-state index in [1.165, 1.54) is 0 Å². The third kappa shape index (κ3) is 2.39. The molecule has 0 aromatic heterocycles. The summed E-state index contributed by atoms with van der Waals surface area (Å²) in [6.07, 6.45) is 0. The van der Waals surface area contributed by atoms with Crippen molar-refractivity contribution in [2.24, 2.45) is 0 Å². The van der Waals surface area contributed by atoms with Crippen LogP contribution in [0.3, 0.4) is 0 Å². The van der Waals surface area contributed by atoms with Gasteiger partial charge in [0.25, 0.3) is 0 Å². The quantitative estimate of drug-likeness (QED) is 0.762. The second-order valence-corrected chi connectivity index (χ2v) is 3.04. The summed E-state index contributed by atoms with van der Waals surface area (Å²) in [5.74, 6) is 0.773. The summed E-state index contributed by atoms with van der Waals surface area (Å²) >= 11 is 2.17. The molecule has 0 aliphatic heterocycles. The minimum atomic E-state index is 0.111. The summed E-state index contributed by atoms with van der Waals surface area (Å²) in [5, 5.41) is 8.24. The molecule has 0 unspecified atom stereocenters. The molecular weight excluding hydrogens is 253 g/mol. The maximum absolute atomic E-state index is 8.24. The standard InChI is InChI=1S/C8H6INO/c9-7-3-1-2-4-8(7)11-6-5-10/h1-4H,6H2. The van der Waals surface area contributed by atoms with E-state index < -0.39 is 0 Å². The maximum Gasteiger partial charge on any atom is 0.174 e. The van der Waals surface area contributed by atoms with Gasteiger partial charge in [0, 0.05) is 0 Å². The fraction of sp³-hybridized carbons (Fsp3) is 0.125. The van der Waals surface area contributed by atoms with Gasteiger partial charge in [-0.15, -0.1) is 0 Å². The number of hydrogen-bond donors (Lipinski definition) is 0. The molecule has 0 saturated carbocycles. The zero-order chi connectivity index (χ0) is 8.10. The van der Waals surface area contributed by atoms with Crippen LogP contribution < -0.4 is 4.74 Å². The fourth-order valence-electron chi connectivity index (χ4n) is 0.672. The van der Waals surface area contributed by atoms with Crippen molar-refractivity contribution in [3.63, 3.8) is 0 Å². The summed E-state index contributed by atoms with van der Waals surface area (Å²) in [6.45, 7) is 0.111. The lowest BCUT2D eigenvalue weighted by Gasteiger charge is -2.01. The molecule has 0 bridgehead atoms. The zero-order valence-corrected chi connectivity index (χ0v) is 7.91. The predicted octanol–water partition coefficient (Wildman–Crippen LogP) is 2.19. The molecule has 56 valence electrons. The Kier molecular flexibility index (Phi) is 3.17. The normalized spacial score (nSPS) is 8.73. The average Bonchev–Trinajstić information content (AvgIpc) is 2.03. The van der Waals surface area contributed by atoms with Gasteiger partial charge in [-0.25, -0.2) is 0 Å². The predicted molar refractivity (Wildman–Crippen MR) is 50.3 cm³/mol. The molecule has 0 amide bonds. The Bertz CT molecular complexity index is 280. The summed E-state index contributed by atoms with van der Waals surface area (Å²) in [5.41, 5.74) is 0. The maximum atomic E-state index is 8.24. The van der Waals surface area contributed by atoms with E-state index in [0.29, 0.717) is 0 Å². The highest BCUT2D eigenvalue weighted by atomic mass is 127. The van der Waals surface area contributed by atoms with Gasteiger partial charge in [0.2, 0.25) is 0 Å². The highest BCUT2D eigenvalue weighted by Gasteiger charge is 1.96. The van der Waals surface area contributed by atoms with Crippen LogP contribution in [0.1, 0.15) is 0 Å². The summed E-state index contributed by atoms with van der Waals surface area (Å²) < 4.78 is 6.15. The van der Waals surface area contributed by atoms with Crippen LogP contribution in [0.5, 0.6) is 5.75 Å². The van der Waals surface area contributed by atoms with Crippen LogP contribution >= 0.6 is 22.6 Å². The van der Waals surface area contributed by atoms with Crippen LogP contribution in [0.25, 0.3) is 0 Å². The summed E-state index contributed by atoms with van der Waals surface area (Å²) in [4.78, 5) is 0. The van der Waals surface area contributed by atoms with E-state index in [0.717, 1.165) is 9.32 Å². The van der Waals surface area contributed by atoms with E-state index in [-0.39, 0.29) is 6.61 Å². The summed E-state index contributed by atoms with van der Waals surface area (Å²) in [7, 11) is 0. The number of halogens is 1. The first-order valence-electron chi connectivity index (χ1n) is 3.09. The molecule has 1 aromatic carbocycles. The molecule has 0 heterocycles. The van der Waals surface area contributed by atoms with Gasteiger partial charge in [0.15, 0.2) is 6.61 Å². The van der Waals surface area contributed by atoms with Gasteiger partial charge in [-0.05, 0) is 34.7 Å². The Balaban J connectivity index is 2.71. The van der Waals surface area contributed by atoms with E-state index >= 15 is 0 Å². The second-order valence-electron chi connectivity index (χ2n) is 1.88. The highest BCUT2D eigenvalue weighted by molar-refractivity contribution is 14.1. The molecule has 0 fully saturated rings. The largest absolute Gasteiger partial charge is 0.478 e. The molecule has 0 aliphatic carbocycles. The number of nitriles is 1. The van der Waals surface area contributed by atoms with Crippen molar-refractivity contribution in [1.82, 2.24) is 0 Å². The van der Waals surface area contributed by atoms with Crippen LogP contribution in [-0.2, 0) is 0 Å².